The minimum absolute atomic E-state index is 0.157. The molecule has 17 nitrogen and oxygen atoms in total. The number of carbonyl (C=O) groups is 4. The molecule has 0 amide bonds. The molecule has 8 rings (SSSR count). The van der Waals surface area contributed by atoms with E-state index in [1.165, 1.54) is 35.4 Å². The molecule has 0 aliphatic carbocycles. The monoisotopic (exact) mass is 1380 g/mol. The Morgan fingerprint density at radius 1 is 0.402 bits per heavy atom. The number of benzene rings is 8. The third kappa shape index (κ3) is 20.8. The van der Waals surface area contributed by atoms with Gasteiger partial charge in [-0.05, 0) is 175 Å². The summed E-state index contributed by atoms with van der Waals surface area (Å²) in [6.07, 6.45) is 3.63. The number of para-hydroxylation sites is 2. The topological polar surface area (TPSA) is 265 Å². The number of esters is 4. The molecule has 488 valence electrons. The molecule has 20 heteroatoms. The molecule has 8 aromatic rings. The minimum atomic E-state index is -1.41. The van der Waals surface area contributed by atoms with Crippen molar-refractivity contribution in [2.24, 2.45) is 0 Å². The number of hydrogen-bond donors (Lipinski definition) is 7. The van der Waals surface area contributed by atoms with Crippen LogP contribution in [-0.2, 0) is 4.74 Å². The molecule has 0 radical (unpaired) electrons. The molecule has 92 heavy (non-hydrogen) atoms. The van der Waals surface area contributed by atoms with Gasteiger partial charge in [0.2, 0.25) is 11.6 Å². The van der Waals surface area contributed by atoms with Crippen molar-refractivity contribution in [1.82, 2.24) is 0 Å². The second-order valence-corrected chi connectivity index (χ2v) is 22.5. The molecule has 7 N–H and O–H groups in total. The SMILES string of the molecule is CCC(C)c1ccc(C(=O)Oc2cc(F)c(O)c(O)c2F)cc1.CCC(C)c1ccc(C(=O)Oc2cc(O)c(O)c(I)c2)cc1.CCC(C)c1ccc(C(=O)Oc2cc(O)c(O)cc2O)cc1.CCOC(C)Oc1ccccc1OC(=O)c1ccc(C(C)CC)cc1. The first-order valence-electron chi connectivity index (χ1n) is 29.8. The lowest BCUT2D eigenvalue weighted by atomic mass is 9.98. The van der Waals surface area contributed by atoms with E-state index in [1.807, 2.05) is 85.8 Å². The first kappa shape index (κ1) is 73.3. The largest absolute Gasteiger partial charge is 0.504 e. The zero-order chi connectivity index (χ0) is 67.9. The maximum Gasteiger partial charge on any atom is 0.343 e. The molecule has 0 saturated heterocycles. The second-order valence-electron chi connectivity index (χ2n) is 21.3. The van der Waals surface area contributed by atoms with Gasteiger partial charge < -0.3 is 64.2 Å². The van der Waals surface area contributed by atoms with E-state index < -0.39 is 76.3 Å². The Morgan fingerprint density at radius 2 is 0.772 bits per heavy atom. The summed E-state index contributed by atoms with van der Waals surface area (Å²) in [5.74, 6) is -7.96. The maximum absolute atomic E-state index is 13.7. The fraction of sp³-hybridized carbons (Fsp3) is 0.278. The maximum atomic E-state index is 13.7. The lowest BCUT2D eigenvalue weighted by molar-refractivity contribution is -0.0623. The smallest absolute Gasteiger partial charge is 0.343 e. The van der Waals surface area contributed by atoms with Gasteiger partial charge in [0.25, 0.3) is 0 Å². The van der Waals surface area contributed by atoms with Crippen molar-refractivity contribution in [3.8, 4) is 69.0 Å². The quantitative estimate of drug-likeness (QED) is 0.00934. The lowest BCUT2D eigenvalue weighted by Gasteiger charge is -2.16. The summed E-state index contributed by atoms with van der Waals surface area (Å²) in [7, 11) is 0. The molecule has 0 bridgehead atoms. The molecule has 0 aliphatic rings. The molecule has 0 spiro atoms. The highest BCUT2D eigenvalue weighted by atomic mass is 127. The van der Waals surface area contributed by atoms with Crippen LogP contribution in [0.4, 0.5) is 8.78 Å². The number of carbonyl (C=O) groups excluding carboxylic acids is 4. The van der Waals surface area contributed by atoms with Crippen LogP contribution in [0.5, 0.6) is 69.0 Å². The Kier molecular flexibility index (Phi) is 28.1. The molecule has 0 heterocycles. The zero-order valence-corrected chi connectivity index (χ0v) is 54.9. The Bertz CT molecular complexity index is 3720. The van der Waals surface area contributed by atoms with Crippen LogP contribution in [0.25, 0.3) is 0 Å². The number of ether oxygens (including phenoxy) is 6. The van der Waals surface area contributed by atoms with Crippen LogP contribution in [0.15, 0.2) is 152 Å². The van der Waals surface area contributed by atoms with Gasteiger partial charge >= 0.3 is 23.9 Å². The summed E-state index contributed by atoms with van der Waals surface area (Å²) in [4.78, 5) is 48.5. The van der Waals surface area contributed by atoms with Crippen molar-refractivity contribution in [2.75, 3.05) is 6.61 Å². The Balaban J connectivity index is 0.000000223. The van der Waals surface area contributed by atoms with Crippen LogP contribution >= 0.6 is 22.6 Å². The standard InChI is InChI=1S/C21H26O4.C17H16F2O4.C17H17IO4.C17H18O5/c1-5-15(3)17-11-13-18(14-12-17)21(22)25-20-10-8-7-9-19(20)24-16(4)23-6-2;1-3-9(2)10-4-6-11(7-5-10)17(22)23-13-8-12(18)15(20)16(21)14(13)19;1-3-10(2)11-4-6-12(7-5-11)17(21)22-13-8-14(18)16(20)15(19)9-13;1-3-10(2)11-4-6-12(7-5-11)17(21)22-16-9-14(19)13(18)8-15(16)20/h7-16H,5-6H2,1-4H3;4-9,20-21H,3H2,1-2H3;4-10,19-20H,3H2,1-2H3;4-10,18-20H,3H2,1-2H3. The highest BCUT2D eigenvalue weighted by Gasteiger charge is 2.23. The highest BCUT2D eigenvalue weighted by Crippen LogP contribution is 2.40. The number of rotatable bonds is 20. The van der Waals surface area contributed by atoms with E-state index in [1.54, 1.807) is 73.7 Å². The number of hydrogen-bond acceptors (Lipinski definition) is 17. The number of phenols is 7. The number of aromatic hydroxyl groups is 7. The Hall–Kier alpha value is -9.41. The Labute approximate surface area is 547 Å². The van der Waals surface area contributed by atoms with Gasteiger partial charge in [-0.2, -0.15) is 4.39 Å². The van der Waals surface area contributed by atoms with Gasteiger partial charge in [-0.3, -0.25) is 0 Å². The third-order valence-electron chi connectivity index (χ3n) is 14.9. The van der Waals surface area contributed by atoms with Crippen LogP contribution in [0, 0.1) is 15.2 Å². The van der Waals surface area contributed by atoms with Gasteiger partial charge in [0.1, 0.15) is 5.75 Å². The van der Waals surface area contributed by atoms with Gasteiger partial charge in [0, 0.05) is 30.9 Å². The van der Waals surface area contributed by atoms with E-state index in [4.69, 9.17) is 33.5 Å². The molecule has 5 atom stereocenters. The molecular formula is C72H77F2IO17. The van der Waals surface area contributed by atoms with Crippen molar-refractivity contribution in [3.05, 3.63) is 211 Å². The third-order valence-corrected chi connectivity index (χ3v) is 15.7. The van der Waals surface area contributed by atoms with Crippen molar-refractivity contribution in [2.45, 2.75) is 125 Å². The van der Waals surface area contributed by atoms with E-state index in [-0.39, 0.29) is 28.6 Å². The summed E-state index contributed by atoms with van der Waals surface area (Å²) in [6.45, 7) is 21.1. The highest BCUT2D eigenvalue weighted by molar-refractivity contribution is 14.1. The first-order chi connectivity index (χ1) is 43.7. The average Bonchev–Trinajstić information content (AvgIpc) is 0.956. The predicted molar refractivity (Wildman–Crippen MR) is 352 cm³/mol. The fourth-order valence-corrected chi connectivity index (χ4v) is 8.94. The molecule has 8 aromatic carbocycles. The van der Waals surface area contributed by atoms with Gasteiger partial charge in [-0.25, -0.2) is 23.6 Å². The molecule has 0 aromatic heterocycles. The van der Waals surface area contributed by atoms with Crippen molar-refractivity contribution in [1.29, 1.82) is 0 Å². The summed E-state index contributed by atoms with van der Waals surface area (Å²) >= 11 is 1.85. The van der Waals surface area contributed by atoms with Crippen molar-refractivity contribution < 1.29 is 92.1 Å². The van der Waals surface area contributed by atoms with Crippen LogP contribution in [-0.4, -0.2) is 72.5 Å². The van der Waals surface area contributed by atoms with E-state index in [0.29, 0.717) is 68.1 Å². The Morgan fingerprint density at radius 3 is 1.16 bits per heavy atom. The molecule has 0 saturated carbocycles. The molecular weight excluding hydrogens is 1300 g/mol. The van der Waals surface area contributed by atoms with Crippen molar-refractivity contribution in [3.63, 3.8) is 0 Å². The number of phenolic OH excluding ortho intramolecular Hbond substituents is 7. The van der Waals surface area contributed by atoms with Crippen LogP contribution in [0.3, 0.4) is 0 Å². The molecule has 0 fully saturated rings. The normalized spacial score (nSPS) is 12.3. The van der Waals surface area contributed by atoms with Gasteiger partial charge in [0.15, 0.2) is 69.6 Å². The lowest BCUT2D eigenvalue weighted by Crippen LogP contribution is -2.17. The van der Waals surface area contributed by atoms with Crippen molar-refractivity contribution >= 4 is 46.5 Å². The zero-order valence-electron chi connectivity index (χ0n) is 52.7. The van der Waals surface area contributed by atoms with E-state index >= 15 is 0 Å². The fourth-order valence-electron chi connectivity index (χ4n) is 8.36. The van der Waals surface area contributed by atoms with Gasteiger partial charge in [-0.1, -0.05) is 116 Å². The summed E-state index contributed by atoms with van der Waals surface area (Å²) in [5.41, 5.74) is 6.01. The van der Waals surface area contributed by atoms with Crippen LogP contribution < -0.4 is 23.7 Å². The minimum Gasteiger partial charge on any atom is -0.504 e. The summed E-state index contributed by atoms with van der Waals surface area (Å²) in [6, 6.07) is 40.6. The predicted octanol–water partition coefficient (Wildman–Crippen LogP) is 17.3. The van der Waals surface area contributed by atoms with Gasteiger partial charge in [0.05, 0.1) is 25.8 Å². The second kappa shape index (κ2) is 35.3. The summed E-state index contributed by atoms with van der Waals surface area (Å²) < 4.78 is 59.0. The number of halogens is 3. The average molecular weight is 1380 g/mol. The summed E-state index contributed by atoms with van der Waals surface area (Å²) in [5, 5.41) is 65.5. The van der Waals surface area contributed by atoms with E-state index in [9.17, 15) is 58.6 Å². The van der Waals surface area contributed by atoms with E-state index in [0.717, 1.165) is 48.9 Å². The molecule has 0 aliphatic heterocycles. The van der Waals surface area contributed by atoms with E-state index in [2.05, 4.69) is 41.5 Å². The van der Waals surface area contributed by atoms with Gasteiger partial charge in [-0.15, -0.1) is 0 Å². The first-order valence-corrected chi connectivity index (χ1v) is 30.8. The van der Waals surface area contributed by atoms with Crippen LogP contribution in [0.2, 0.25) is 0 Å². The molecule has 5 unspecified atom stereocenters. The van der Waals surface area contributed by atoms with Crippen LogP contribution in [0.1, 0.15) is 182 Å².